The Morgan fingerprint density at radius 2 is 1.78 bits per heavy atom. The van der Waals surface area contributed by atoms with Gasteiger partial charge in [-0.1, -0.05) is 36.4 Å². The molecule has 2 aromatic heterocycles. The van der Waals surface area contributed by atoms with E-state index in [9.17, 15) is 8.42 Å². The van der Waals surface area contributed by atoms with Crippen LogP contribution in [0.1, 0.15) is 33.6 Å². The minimum absolute atomic E-state index is 0.116. The average molecular weight is 616 g/mol. The maximum absolute atomic E-state index is 13.5. The van der Waals surface area contributed by atoms with Gasteiger partial charge in [0.05, 0.1) is 19.7 Å². The molecule has 1 fully saturated rings. The highest BCUT2D eigenvalue weighted by atomic mass is 127. The Balaban J connectivity index is 1.54. The Kier molecular flexibility index (Phi) is 6.82. The van der Waals surface area contributed by atoms with Crippen LogP contribution in [0.5, 0.6) is 0 Å². The monoisotopic (exact) mass is 615 g/mol. The predicted octanol–water partition coefficient (Wildman–Crippen LogP) is 5.61. The molecule has 0 amide bonds. The Labute approximate surface area is 226 Å². The molecule has 0 unspecified atom stereocenters. The first-order chi connectivity index (χ1) is 17.1. The van der Waals surface area contributed by atoms with E-state index in [0.717, 1.165) is 46.1 Å². The van der Waals surface area contributed by atoms with Crippen molar-refractivity contribution in [2.45, 2.75) is 50.1 Å². The van der Waals surface area contributed by atoms with Crippen LogP contribution < -0.4 is 5.32 Å². The number of fused-ring (bicyclic) bond motifs is 1. The van der Waals surface area contributed by atoms with E-state index in [1.165, 1.54) is 3.97 Å². The Hall–Kier alpha value is -2.50. The number of rotatable bonds is 5. The van der Waals surface area contributed by atoms with E-state index in [4.69, 9.17) is 4.98 Å². The molecule has 9 heteroatoms. The molecule has 188 valence electrons. The van der Waals surface area contributed by atoms with Gasteiger partial charge < -0.3 is 5.32 Å². The van der Waals surface area contributed by atoms with E-state index in [1.807, 2.05) is 30.3 Å². The van der Waals surface area contributed by atoms with Gasteiger partial charge in [0.2, 0.25) is 5.95 Å². The number of halogens is 1. The molecular formula is C27H30IN5O2S. The van der Waals surface area contributed by atoms with Crippen molar-refractivity contribution in [1.82, 2.24) is 18.8 Å². The molecule has 0 radical (unpaired) electrons. The number of hydrogen-bond acceptors (Lipinski definition) is 6. The lowest BCUT2D eigenvalue weighted by Gasteiger charge is -2.41. The van der Waals surface area contributed by atoms with Gasteiger partial charge in [0, 0.05) is 41.5 Å². The van der Waals surface area contributed by atoms with Gasteiger partial charge in [-0.3, -0.25) is 4.90 Å². The molecule has 7 nitrogen and oxygen atoms in total. The second-order valence-corrected chi connectivity index (χ2v) is 13.1. The summed E-state index contributed by atoms with van der Waals surface area (Å²) in [4.78, 5) is 12.2. The number of para-hydroxylation sites is 1. The lowest BCUT2D eigenvalue weighted by molar-refractivity contribution is 0.104. The van der Waals surface area contributed by atoms with E-state index in [0.29, 0.717) is 11.5 Å². The highest BCUT2D eigenvalue weighted by Crippen LogP contribution is 2.34. The second kappa shape index (κ2) is 9.75. The first-order valence-corrected chi connectivity index (χ1v) is 14.6. The zero-order chi connectivity index (χ0) is 25.5. The van der Waals surface area contributed by atoms with Gasteiger partial charge in [-0.15, -0.1) is 0 Å². The molecule has 1 N–H and O–H groups in total. The van der Waals surface area contributed by atoms with Crippen LogP contribution in [0.3, 0.4) is 0 Å². The molecule has 4 aromatic rings. The number of nitrogens with zero attached hydrogens (tertiary/aromatic N) is 4. The van der Waals surface area contributed by atoms with Crippen LogP contribution >= 0.6 is 22.6 Å². The van der Waals surface area contributed by atoms with Gasteiger partial charge >= 0.3 is 0 Å². The largest absolute Gasteiger partial charge is 0.350 e. The summed E-state index contributed by atoms with van der Waals surface area (Å²) in [5.41, 5.74) is 2.22. The Morgan fingerprint density at radius 1 is 1.06 bits per heavy atom. The molecule has 0 bridgehead atoms. The van der Waals surface area contributed by atoms with Gasteiger partial charge in [0.1, 0.15) is 0 Å². The second-order valence-electron chi connectivity index (χ2n) is 10.2. The zero-order valence-corrected chi connectivity index (χ0v) is 23.6. The van der Waals surface area contributed by atoms with Crippen molar-refractivity contribution in [3.63, 3.8) is 0 Å². The molecule has 1 aliphatic rings. The average Bonchev–Trinajstić information content (AvgIpc) is 3.26. The third-order valence-electron chi connectivity index (χ3n) is 6.68. The van der Waals surface area contributed by atoms with Gasteiger partial charge in [-0.2, -0.15) is 0 Å². The molecular weight excluding hydrogens is 585 g/mol. The number of likely N-dealkylation sites (tertiary alicyclic amines) is 1. The number of anilines is 1. The maximum atomic E-state index is 13.5. The molecule has 36 heavy (non-hydrogen) atoms. The lowest BCUT2D eigenvalue weighted by Crippen LogP contribution is -2.50. The molecule has 0 spiro atoms. The third kappa shape index (κ3) is 4.88. The number of hydrogen-bond donors (Lipinski definition) is 1. The minimum atomic E-state index is -3.77. The molecule has 1 aliphatic heterocycles. The van der Waals surface area contributed by atoms with E-state index < -0.39 is 10.0 Å². The van der Waals surface area contributed by atoms with Gasteiger partial charge in [0.25, 0.3) is 10.0 Å². The van der Waals surface area contributed by atoms with Crippen LogP contribution in [0, 0.1) is 3.57 Å². The first kappa shape index (κ1) is 25.2. The van der Waals surface area contributed by atoms with Crippen molar-refractivity contribution in [2.24, 2.45) is 0 Å². The van der Waals surface area contributed by atoms with Crippen LogP contribution in [-0.2, 0) is 10.0 Å². The van der Waals surface area contributed by atoms with Crippen molar-refractivity contribution in [3.8, 4) is 11.3 Å². The van der Waals surface area contributed by atoms with Crippen LogP contribution in [0.15, 0.2) is 71.9 Å². The summed E-state index contributed by atoms with van der Waals surface area (Å²) in [6.07, 6.45) is 5.67. The van der Waals surface area contributed by atoms with Crippen molar-refractivity contribution >= 4 is 49.5 Å². The lowest BCUT2D eigenvalue weighted by atomic mass is 9.98. The Bertz CT molecular complexity index is 1500. The normalized spacial score (nSPS) is 17.4. The van der Waals surface area contributed by atoms with Crippen LogP contribution in [0.4, 0.5) is 5.95 Å². The minimum Gasteiger partial charge on any atom is -0.350 e. The van der Waals surface area contributed by atoms with E-state index >= 15 is 0 Å². The van der Waals surface area contributed by atoms with Crippen molar-refractivity contribution in [2.75, 3.05) is 18.4 Å². The first-order valence-electron chi connectivity index (χ1n) is 12.1. The van der Waals surface area contributed by atoms with Crippen molar-refractivity contribution in [3.05, 3.63) is 70.6 Å². The fourth-order valence-electron chi connectivity index (χ4n) is 4.76. The number of benzene rings is 2. The summed E-state index contributed by atoms with van der Waals surface area (Å²) in [5.74, 6) is 0.564. The molecule has 1 atom stereocenters. The summed E-state index contributed by atoms with van der Waals surface area (Å²) in [6, 6.07) is 16.3. The predicted molar refractivity (Wildman–Crippen MR) is 153 cm³/mol. The quantitative estimate of drug-likeness (QED) is 0.294. The fourth-order valence-corrected chi connectivity index (χ4v) is 6.70. The summed E-state index contributed by atoms with van der Waals surface area (Å²) in [7, 11) is -3.77. The van der Waals surface area contributed by atoms with Gasteiger partial charge in [-0.05, 0) is 80.9 Å². The van der Waals surface area contributed by atoms with E-state index in [-0.39, 0.29) is 16.5 Å². The zero-order valence-electron chi connectivity index (χ0n) is 20.6. The highest BCUT2D eigenvalue weighted by molar-refractivity contribution is 14.1. The number of aromatic nitrogens is 3. The SMILES string of the molecule is CC(C)(C)N1CCC[C@H](Nc2ncc(I)c(-c3cn(S(=O)(=O)c4ccccc4)c4ccccc34)n2)C1. The smallest absolute Gasteiger partial charge is 0.268 e. The topological polar surface area (TPSA) is 80.1 Å². The summed E-state index contributed by atoms with van der Waals surface area (Å²) < 4.78 is 29.3. The van der Waals surface area contributed by atoms with Gasteiger partial charge in [-0.25, -0.2) is 22.4 Å². The van der Waals surface area contributed by atoms with E-state index in [1.54, 1.807) is 36.7 Å². The third-order valence-corrected chi connectivity index (χ3v) is 9.16. The van der Waals surface area contributed by atoms with Crippen molar-refractivity contribution < 1.29 is 8.42 Å². The number of nitrogens with one attached hydrogen (secondary N) is 1. The van der Waals surface area contributed by atoms with Crippen molar-refractivity contribution in [1.29, 1.82) is 0 Å². The number of piperidine rings is 1. The fraction of sp³-hybridized carbons (Fsp3) is 0.333. The molecule has 0 aliphatic carbocycles. The molecule has 3 heterocycles. The van der Waals surface area contributed by atoms with Gasteiger partial charge in [0.15, 0.2) is 0 Å². The molecule has 5 rings (SSSR count). The van der Waals surface area contributed by atoms with Crippen LogP contribution in [0.25, 0.3) is 22.2 Å². The molecule has 1 saturated heterocycles. The van der Waals surface area contributed by atoms with Crippen LogP contribution in [0.2, 0.25) is 0 Å². The maximum Gasteiger partial charge on any atom is 0.268 e. The highest BCUT2D eigenvalue weighted by Gasteiger charge is 2.28. The molecule has 0 saturated carbocycles. The Morgan fingerprint density at radius 3 is 2.53 bits per heavy atom. The summed E-state index contributed by atoms with van der Waals surface area (Å²) in [5, 5.41) is 4.37. The summed E-state index contributed by atoms with van der Waals surface area (Å²) >= 11 is 2.22. The summed E-state index contributed by atoms with van der Waals surface area (Å²) in [6.45, 7) is 8.76. The molecule has 2 aromatic carbocycles. The van der Waals surface area contributed by atoms with E-state index in [2.05, 4.69) is 58.6 Å². The standard InChI is InChI=1S/C27H30IN5O2S/c1-27(2,3)32-15-9-10-19(17-32)30-26-29-16-23(28)25(31-26)22-18-33(24-14-8-7-13-21(22)24)36(34,35)20-11-5-4-6-12-20/h4-8,11-14,16,18-19H,9-10,15,17H2,1-3H3,(H,29,30,31)/t19-/m0/s1. The van der Waals surface area contributed by atoms with Crippen LogP contribution in [-0.4, -0.2) is 51.9 Å².